The van der Waals surface area contributed by atoms with Crippen molar-refractivity contribution in [2.45, 2.75) is 24.7 Å². The van der Waals surface area contributed by atoms with E-state index in [0.717, 1.165) is 5.75 Å². The fourth-order valence-electron chi connectivity index (χ4n) is 2.26. The highest BCUT2D eigenvalue weighted by molar-refractivity contribution is 7.99. The van der Waals surface area contributed by atoms with Gasteiger partial charge in [0.2, 0.25) is 0 Å². The van der Waals surface area contributed by atoms with E-state index in [-0.39, 0.29) is 29.6 Å². The fourth-order valence-corrected chi connectivity index (χ4v) is 3.21. The predicted molar refractivity (Wildman–Crippen MR) is 75.8 cm³/mol. The molecule has 0 aromatic heterocycles. The van der Waals surface area contributed by atoms with Gasteiger partial charge in [0, 0.05) is 29.7 Å². The van der Waals surface area contributed by atoms with E-state index in [9.17, 15) is 14.4 Å². The van der Waals surface area contributed by atoms with Crippen LogP contribution in [0.25, 0.3) is 0 Å². The lowest BCUT2D eigenvalue weighted by atomic mass is 9.88. The second-order valence-electron chi connectivity index (χ2n) is 4.71. The van der Waals surface area contributed by atoms with E-state index in [1.165, 1.54) is 13.2 Å². The van der Waals surface area contributed by atoms with Crippen molar-refractivity contribution in [2.24, 2.45) is 0 Å². The van der Waals surface area contributed by atoms with Crippen LogP contribution in [0, 0.1) is 0 Å². The largest absolute Gasteiger partial charge is 0.478 e. The zero-order chi connectivity index (χ0) is 15.4. The van der Waals surface area contributed by atoms with Crippen LogP contribution in [0.3, 0.4) is 0 Å². The molecule has 0 spiro atoms. The number of carboxylic acid groups (broad SMARTS) is 1. The van der Waals surface area contributed by atoms with Crippen LogP contribution in [0.2, 0.25) is 0 Å². The first-order valence-electron chi connectivity index (χ1n) is 6.50. The molecule has 0 aromatic carbocycles. The fraction of sp³-hybridized carbons (Fsp3) is 0.500. The Labute approximate surface area is 126 Å². The smallest absolute Gasteiger partial charge is 0.332 e. The zero-order valence-electron chi connectivity index (χ0n) is 11.6. The molecular formula is C14H16O6S. The van der Waals surface area contributed by atoms with E-state index in [4.69, 9.17) is 9.84 Å². The van der Waals surface area contributed by atoms with E-state index in [0.29, 0.717) is 24.2 Å². The van der Waals surface area contributed by atoms with Crippen LogP contribution in [0.1, 0.15) is 19.3 Å². The minimum absolute atomic E-state index is 0.0478. The highest BCUT2D eigenvalue weighted by atomic mass is 32.2. The summed E-state index contributed by atoms with van der Waals surface area (Å²) in [5.41, 5.74) is 0.841. The highest BCUT2D eigenvalue weighted by Gasteiger charge is 2.28. The second-order valence-corrected chi connectivity index (χ2v) is 5.97. The number of esters is 1. The molecule has 2 aliphatic rings. The van der Waals surface area contributed by atoms with E-state index < -0.39 is 11.9 Å². The number of ether oxygens (including phenoxy) is 2. The molecule has 21 heavy (non-hydrogen) atoms. The van der Waals surface area contributed by atoms with Crippen LogP contribution < -0.4 is 0 Å². The number of carbonyl (C=O) groups is 3. The third-order valence-electron chi connectivity index (χ3n) is 3.32. The summed E-state index contributed by atoms with van der Waals surface area (Å²) < 4.78 is 10.1. The lowest BCUT2D eigenvalue weighted by Crippen LogP contribution is -2.20. The quantitative estimate of drug-likeness (QED) is 0.765. The predicted octanol–water partition coefficient (Wildman–Crippen LogP) is 1.31. The number of methoxy groups -OCH3 is 1. The summed E-state index contributed by atoms with van der Waals surface area (Å²) in [7, 11) is 1.25. The normalized spacial score (nSPS) is 22.2. The summed E-state index contributed by atoms with van der Waals surface area (Å²) in [6, 6.07) is 0. The Kier molecular flexibility index (Phi) is 5.19. The van der Waals surface area contributed by atoms with Crippen LogP contribution in [0.5, 0.6) is 0 Å². The standard InChI is InChI=1S/C14H16O6S/c1-19-12(16)7-10-8(6-13-20-2-3-21-13)4-9(14(17)18)5-11(10)15/h4,13H,2-3,5-7H2,1H3,(H,17,18). The maximum Gasteiger partial charge on any atom is 0.332 e. The molecule has 114 valence electrons. The Bertz CT molecular complexity index is 528. The summed E-state index contributed by atoms with van der Waals surface area (Å²) in [5.74, 6) is -1.09. The van der Waals surface area contributed by atoms with Gasteiger partial charge in [-0.3, -0.25) is 9.59 Å². The Balaban J connectivity index is 2.29. The van der Waals surface area contributed by atoms with Crippen LogP contribution in [0.15, 0.2) is 22.8 Å². The molecule has 1 aliphatic carbocycles. The molecule has 1 saturated heterocycles. The van der Waals surface area contributed by atoms with Crippen molar-refractivity contribution in [3.05, 3.63) is 22.8 Å². The highest BCUT2D eigenvalue weighted by Crippen LogP contribution is 2.32. The Morgan fingerprint density at radius 3 is 2.86 bits per heavy atom. The number of Topliss-reactive ketones (excluding diaryl/α,β-unsaturated/α-hetero) is 1. The van der Waals surface area contributed by atoms with Crippen LogP contribution in [-0.2, 0) is 23.9 Å². The van der Waals surface area contributed by atoms with Gasteiger partial charge >= 0.3 is 11.9 Å². The molecule has 1 atom stereocenters. The van der Waals surface area contributed by atoms with Gasteiger partial charge in [0.05, 0.1) is 20.1 Å². The van der Waals surface area contributed by atoms with Gasteiger partial charge in [-0.15, -0.1) is 11.8 Å². The number of hydrogen-bond donors (Lipinski definition) is 1. The van der Waals surface area contributed by atoms with Crippen molar-refractivity contribution in [3.63, 3.8) is 0 Å². The van der Waals surface area contributed by atoms with Crippen molar-refractivity contribution in [1.82, 2.24) is 0 Å². The lowest BCUT2D eigenvalue weighted by Gasteiger charge is -2.19. The molecular weight excluding hydrogens is 296 g/mol. The monoisotopic (exact) mass is 312 g/mol. The van der Waals surface area contributed by atoms with Gasteiger partial charge in [0.25, 0.3) is 0 Å². The summed E-state index contributed by atoms with van der Waals surface area (Å²) in [4.78, 5) is 34.7. The van der Waals surface area contributed by atoms with Crippen LogP contribution in [0.4, 0.5) is 0 Å². The Hall–Kier alpha value is -1.60. The van der Waals surface area contributed by atoms with Crippen molar-refractivity contribution >= 4 is 29.5 Å². The molecule has 0 aromatic rings. The molecule has 7 heteroatoms. The van der Waals surface area contributed by atoms with Gasteiger partial charge in [-0.2, -0.15) is 0 Å². The van der Waals surface area contributed by atoms with E-state index >= 15 is 0 Å². The van der Waals surface area contributed by atoms with Gasteiger partial charge in [0.15, 0.2) is 5.78 Å². The summed E-state index contributed by atoms with van der Waals surface area (Å²) >= 11 is 1.61. The van der Waals surface area contributed by atoms with Gasteiger partial charge in [0.1, 0.15) is 5.44 Å². The number of carboxylic acids is 1. The van der Waals surface area contributed by atoms with Gasteiger partial charge in [-0.05, 0) is 11.6 Å². The third-order valence-corrected chi connectivity index (χ3v) is 4.40. The number of thioether (sulfide) groups is 1. The maximum atomic E-state index is 12.1. The van der Waals surface area contributed by atoms with Crippen molar-refractivity contribution < 1.29 is 29.0 Å². The average Bonchev–Trinajstić information content (AvgIpc) is 2.94. The van der Waals surface area contributed by atoms with E-state index in [1.54, 1.807) is 11.8 Å². The second kappa shape index (κ2) is 6.91. The Morgan fingerprint density at radius 1 is 1.52 bits per heavy atom. The first-order valence-corrected chi connectivity index (χ1v) is 7.55. The maximum absolute atomic E-state index is 12.1. The van der Waals surface area contributed by atoms with Crippen LogP contribution >= 0.6 is 11.8 Å². The third kappa shape index (κ3) is 3.95. The number of aliphatic carboxylic acids is 1. The van der Waals surface area contributed by atoms with Gasteiger partial charge in [-0.25, -0.2) is 4.79 Å². The molecule has 1 fully saturated rings. The first kappa shape index (κ1) is 15.8. The SMILES string of the molecule is COC(=O)CC1=C(CC2OCCS2)C=C(C(=O)O)CC1=O. The molecule has 0 bridgehead atoms. The molecule has 0 radical (unpaired) electrons. The number of carbonyl (C=O) groups excluding carboxylic acids is 2. The zero-order valence-corrected chi connectivity index (χ0v) is 12.4. The Morgan fingerprint density at radius 2 is 2.29 bits per heavy atom. The topological polar surface area (TPSA) is 89.9 Å². The summed E-state index contributed by atoms with van der Waals surface area (Å²) in [6.45, 7) is 0.637. The number of ketones is 1. The molecule has 1 N–H and O–H groups in total. The molecule has 1 heterocycles. The number of allylic oxidation sites excluding steroid dienone is 1. The minimum Gasteiger partial charge on any atom is -0.478 e. The van der Waals surface area contributed by atoms with Crippen LogP contribution in [-0.4, -0.2) is 47.7 Å². The van der Waals surface area contributed by atoms with E-state index in [1.807, 2.05) is 0 Å². The molecule has 2 rings (SSSR count). The molecule has 0 saturated carbocycles. The molecule has 1 aliphatic heterocycles. The average molecular weight is 312 g/mol. The van der Waals surface area contributed by atoms with Crippen molar-refractivity contribution in [2.75, 3.05) is 19.5 Å². The molecule has 6 nitrogen and oxygen atoms in total. The molecule has 0 amide bonds. The van der Waals surface area contributed by atoms with E-state index in [2.05, 4.69) is 4.74 Å². The molecule has 1 unspecified atom stereocenters. The summed E-state index contributed by atoms with van der Waals surface area (Å²) in [5, 5.41) is 9.08. The summed E-state index contributed by atoms with van der Waals surface area (Å²) in [6.07, 6.45) is 1.58. The first-order chi connectivity index (χ1) is 10.0. The minimum atomic E-state index is -1.11. The van der Waals surface area contributed by atoms with Crippen molar-refractivity contribution in [3.8, 4) is 0 Å². The number of rotatable bonds is 5. The van der Waals surface area contributed by atoms with Crippen molar-refractivity contribution in [1.29, 1.82) is 0 Å². The van der Waals surface area contributed by atoms with Gasteiger partial charge in [-0.1, -0.05) is 0 Å². The lowest BCUT2D eigenvalue weighted by molar-refractivity contribution is -0.140. The van der Waals surface area contributed by atoms with Gasteiger partial charge < -0.3 is 14.6 Å². The number of hydrogen-bond acceptors (Lipinski definition) is 6.